The Morgan fingerprint density at radius 1 is 1.00 bits per heavy atom. The highest BCUT2D eigenvalue weighted by Crippen LogP contribution is 2.63. The van der Waals surface area contributed by atoms with Crippen LogP contribution in [0, 0.1) is 16.7 Å². The summed E-state index contributed by atoms with van der Waals surface area (Å²) in [6, 6.07) is 1.53. The minimum atomic E-state index is 0.489. The molecule has 3 rings (SSSR count). The molecule has 0 aromatic carbocycles. The first-order valence-corrected chi connectivity index (χ1v) is 6.91. The van der Waals surface area contributed by atoms with Gasteiger partial charge in [0.25, 0.3) is 0 Å². The van der Waals surface area contributed by atoms with Crippen LogP contribution in [-0.2, 0) is 0 Å². The molecule has 1 N–H and O–H groups in total. The molecular formula is C14H26N2. The number of piperidine rings is 1. The van der Waals surface area contributed by atoms with Crippen molar-refractivity contribution in [3.05, 3.63) is 0 Å². The Kier molecular flexibility index (Phi) is 2.23. The second kappa shape index (κ2) is 3.23. The van der Waals surface area contributed by atoms with Crippen LogP contribution in [0.25, 0.3) is 0 Å². The molecule has 3 aliphatic rings. The molecule has 1 aliphatic carbocycles. The molecule has 0 aromatic heterocycles. The highest BCUT2D eigenvalue weighted by atomic mass is 15.2. The minimum absolute atomic E-state index is 0.489. The van der Waals surface area contributed by atoms with Crippen molar-refractivity contribution in [3.8, 4) is 0 Å². The van der Waals surface area contributed by atoms with E-state index in [4.69, 9.17) is 0 Å². The van der Waals surface area contributed by atoms with E-state index in [0.717, 1.165) is 18.0 Å². The van der Waals surface area contributed by atoms with Crippen LogP contribution in [0.5, 0.6) is 0 Å². The van der Waals surface area contributed by atoms with Gasteiger partial charge in [-0.25, -0.2) is 0 Å². The van der Waals surface area contributed by atoms with Gasteiger partial charge >= 0.3 is 0 Å². The van der Waals surface area contributed by atoms with E-state index in [1.54, 1.807) is 0 Å². The number of hydrogen-bond donors (Lipinski definition) is 1. The molecule has 2 heteroatoms. The molecule has 2 bridgehead atoms. The van der Waals surface area contributed by atoms with Crippen LogP contribution in [0.15, 0.2) is 0 Å². The Labute approximate surface area is 99.8 Å². The molecule has 3 atom stereocenters. The monoisotopic (exact) mass is 222 g/mol. The maximum atomic E-state index is 3.97. The summed E-state index contributed by atoms with van der Waals surface area (Å²) >= 11 is 0. The Hall–Kier alpha value is -0.0800. The topological polar surface area (TPSA) is 15.3 Å². The summed E-state index contributed by atoms with van der Waals surface area (Å²) in [7, 11) is 0. The van der Waals surface area contributed by atoms with Gasteiger partial charge in [0, 0.05) is 18.6 Å². The molecule has 0 spiro atoms. The van der Waals surface area contributed by atoms with E-state index in [1.807, 2.05) is 0 Å². The fourth-order valence-electron chi connectivity index (χ4n) is 4.00. The molecule has 92 valence electrons. The Balaban J connectivity index is 1.64. The molecule has 0 aromatic rings. The highest BCUT2D eigenvalue weighted by molar-refractivity contribution is 5.18. The third kappa shape index (κ3) is 1.39. The van der Waals surface area contributed by atoms with Gasteiger partial charge in [-0.2, -0.15) is 0 Å². The lowest BCUT2D eigenvalue weighted by atomic mass is 9.94. The number of nitrogens with one attached hydrogen (secondary N) is 1. The van der Waals surface area contributed by atoms with Crippen molar-refractivity contribution in [3.63, 3.8) is 0 Å². The lowest BCUT2D eigenvalue weighted by Crippen LogP contribution is -2.46. The maximum absolute atomic E-state index is 3.97. The van der Waals surface area contributed by atoms with Crippen molar-refractivity contribution >= 4 is 0 Å². The first-order chi connectivity index (χ1) is 7.43. The zero-order valence-electron chi connectivity index (χ0n) is 11.2. The van der Waals surface area contributed by atoms with Gasteiger partial charge in [-0.05, 0) is 42.7 Å². The van der Waals surface area contributed by atoms with E-state index in [0.29, 0.717) is 10.8 Å². The van der Waals surface area contributed by atoms with Gasteiger partial charge in [0.2, 0.25) is 0 Å². The molecule has 0 radical (unpaired) electrons. The third-order valence-corrected chi connectivity index (χ3v) is 6.04. The SMILES string of the molecule is CC1(C)C(NC2CCN3CCC2C3)C1(C)C. The van der Waals surface area contributed by atoms with Crippen molar-refractivity contribution in [1.29, 1.82) is 0 Å². The van der Waals surface area contributed by atoms with Crippen LogP contribution in [0.4, 0.5) is 0 Å². The zero-order valence-corrected chi connectivity index (χ0v) is 11.2. The molecule has 3 fully saturated rings. The maximum Gasteiger partial charge on any atom is 0.0183 e. The van der Waals surface area contributed by atoms with Crippen molar-refractivity contribution in [1.82, 2.24) is 10.2 Å². The summed E-state index contributed by atoms with van der Waals surface area (Å²) in [5.74, 6) is 0.931. The molecule has 2 saturated heterocycles. The first-order valence-electron chi connectivity index (χ1n) is 6.91. The quantitative estimate of drug-likeness (QED) is 0.770. The standard InChI is InChI=1S/C14H26N2/c1-13(2)12(14(13,3)4)15-11-6-8-16-7-5-10(11)9-16/h10-12,15H,5-9H2,1-4H3. The number of fused-ring (bicyclic) bond motifs is 2. The number of hydrogen-bond acceptors (Lipinski definition) is 2. The van der Waals surface area contributed by atoms with Gasteiger partial charge in [0.05, 0.1) is 0 Å². The molecule has 2 heterocycles. The van der Waals surface area contributed by atoms with Gasteiger partial charge in [0.1, 0.15) is 0 Å². The van der Waals surface area contributed by atoms with E-state index in [9.17, 15) is 0 Å². The summed E-state index contributed by atoms with van der Waals surface area (Å²) in [6.07, 6.45) is 2.79. The van der Waals surface area contributed by atoms with Crippen LogP contribution < -0.4 is 5.32 Å². The second-order valence-electron chi connectivity index (χ2n) is 7.29. The van der Waals surface area contributed by atoms with Crippen molar-refractivity contribution in [2.24, 2.45) is 16.7 Å². The summed E-state index contributed by atoms with van der Waals surface area (Å²) in [4.78, 5) is 2.63. The average molecular weight is 222 g/mol. The Morgan fingerprint density at radius 2 is 1.62 bits per heavy atom. The molecule has 0 amide bonds. The van der Waals surface area contributed by atoms with E-state index in [2.05, 4.69) is 37.9 Å². The van der Waals surface area contributed by atoms with Crippen molar-refractivity contribution < 1.29 is 0 Å². The van der Waals surface area contributed by atoms with Crippen molar-refractivity contribution in [2.45, 2.75) is 52.6 Å². The summed E-state index contributed by atoms with van der Waals surface area (Å²) in [5, 5.41) is 3.97. The van der Waals surface area contributed by atoms with Gasteiger partial charge in [-0.1, -0.05) is 27.7 Å². The predicted molar refractivity (Wildman–Crippen MR) is 67.4 cm³/mol. The van der Waals surface area contributed by atoms with E-state index < -0.39 is 0 Å². The van der Waals surface area contributed by atoms with Crippen LogP contribution in [-0.4, -0.2) is 36.6 Å². The predicted octanol–water partition coefficient (Wildman–Crippen LogP) is 2.10. The van der Waals surface area contributed by atoms with Gasteiger partial charge in [-0.15, -0.1) is 0 Å². The lowest BCUT2D eigenvalue weighted by Gasteiger charge is -2.32. The third-order valence-electron chi connectivity index (χ3n) is 6.04. The van der Waals surface area contributed by atoms with E-state index in [-0.39, 0.29) is 0 Å². The van der Waals surface area contributed by atoms with Crippen LogP contribution in [0.1, 0.15) is 40.5 Å². The van der Waals surface area contributed by atoms with Gasteiger partial charge < -0.3 is 10.2 Å². The normalized spacial score (nSPS) is 44.6. The lowest BCUT2D eigenvalue weighted by molar-refractivity contribution is 0.214. The smallest absolute Gasteiger partial charge is 0.0183 e. The molecular weight excluding hydrogens is 196 g/mol. The molecule has 2 aliphatic heterocycles. The first kappa shape index (κ1) is 11.0. The van der Waals surface area contributed by atoms with E-state index in [1.165, 1.54) is 32.5 Å². The fraction of sp³-hybridized carbons (Fsp3) is 1.00. The fourth-order valence-corrected chi connectivity index (χ4v) is 4.00. The summed E-state index contributed by atoms with van der Waals surface area (Å²) in [5.41, 5.74) is 0.978. The Bertz CT molecular complexity index is 281. The molecule has 2 nitrogen and oxygen atoms in total. The van der Waals surface area contributed by atoms with Gasteiger partial charge in [-0.3, -0.25) is 0 Å². The zero-order chi connectivity index (χ0) is 11.6. The van der Waals surface area contributed by atoms with Crippen LogP contribution in [0.2, 0.25) is 0 Å². The highest BCUT2D eigenvalue weighted by Gasteiger charge is 2.65. The molecule has 3 unspecified atom stereocenters. The molecule has 16 heavy (non-hydrogen) atoms. The van der Waals surface area contributed by atoms with Crippen molar-refractivity contribution in [2.75, 3.05) is 19.6 Å². The average Bonchev–Trinajstić information content (AvgIpc) is 2.56. The Morgan fingerprint density at radius 3 is 2.25 bits per heavy atom. The minimum Gasteiger partial charge on any atom is -0.310 e. The number of nitrogens with zero attached hydrogens (tertiary/aromatic N) is 1. The largest absolute Gasteiger partial charge is 0.310 e. The van der Waals surface area contributed by atoms with Crippen LogP contribution in [0.3, 0.4) is 0 Å². The molecule has 1 saturated carbocycles. The van der Waals surface area contributed by atoms with E-state index >= 15 is 0 Å². The summed E-state index contributed by atoms with van der Waals surface area (Å²) < 4.78 is 0. The summed E-state index contributed by atoms with van der Waals surface area (Å²) in [6.45, 7) is 13.7. The van der Waals surface area contributed by atoms with Crippen LogP contribution >= 0.6 is 0 Å². The second-order valence-corrected chi connectivity index (χ2v) is 7.29. The van der Waals surface area contributed by atoms with Gasteiger partial charge in [0.15, 0.2) is 0 Å². The number of rotatable bonds is 2.